The normalized spacial score (nSPS) is 12.1. The molecule has 3 aromatic rings. The molecule has 0 radical (unpaired) electrons. The fourth-order valence-corrected chi connectivity index (χ4v) is 3.31. The number of non-ortho nitro benzene ring substituents is 1. The molecular formula is C20H15F6N3O5. The molecule has 2 aromatic carbocycles. The molecule has 0 spiro atoms. The molecule has 14 heteroatoms. The van der Waals surface area contributed by atoms with Crippen LogP contribution in [-0.2, 0) is 19.0 Å². The number of hydrogen-bond acceptors (Lipinski definition) is 4. The number of aromatic nitrogens is 1. The van der Waals surface area contributed by atoms with Crippen molar-refractivity contribution >= 4 is 22.7 Å². The van der Waals surface area contributed by atoms with E-state index in [1.807, 2.05) is 0 Å². The van der Waals surface area contributed by atoms with Crippen LogP contribution in [0.5, 0.6) is 11.5 Å². The van der Waals surface area contributed by atoms with Crippen molar-refractivity contribution in [3.05, 3.63) is 63.3 Å². The van der Waals surface area contributed by atoms with Gasteiger partial charge in [0.25, 0.3) is 5.69 Å². The highest BCUT2D eigenvalue weighted by Crippen LogP contribution is 2.44. The van der Waals surface area contributed by atoms with Gasteiger partial charge in [0.05, 0.1) is 11.3 Å². The van der Waals surface area contributed by atoms with Crippen LogP contribution in [0.3, 0.4) is 0 Å². The minimum Gasteiger partial charge on any atom is -0.465 e. The average molecular weight is 491 g/mol. The van der Waals surface area contributed by atoms with Gasteiger partial charge >= 0.3 is 18.4 Å². The van der Waals surface area contributed by atoms with E-state index in [1.165, 1.54) is 18.2 Å². The number of rotatable bonds is 7. The predicted octanol–water partition coefficient (Wildman–Crippen LogP) is 5.80. The second kappa shape index (κ2) is 9.11. The predicted molar refractivity (Wildman–Crippen MR) is 106 cm³/mol. The standard InChI is InChI=1S/C20H15F6N3O5/c21-19(22,23)8-11-5-12(29(32)33)6-15(20(24,25)26)17(11)34-13-1-2-16-14(7-13)10(9-28-16)3-4-27-18(30)31/h1-2,5-7,9,27-28H,3-4,8H2,(H,30,31). The summed E-state index contributed by atoms with van der Waals surface area (Å²) >= 11 is 0. The smallest absolute Gasteiger partial charge is 0.420 e. The molecule has 0 fully saturated rings. The average Bonchev–Trinajstić information content (AvgIpc) is 3.09. The maximum absolute atomic E-state index is 13.6. The Kier molecular flexibility index (Phi) is 6.61. The summed E-state index contributed by atoms with van der Waals surface area (Å²) in [6.45, 7) is 0.0314. The fraction of sp³-hybridized carbons (Fsp3) is 0.250. The first kappa shape index (κ1) is 24.7. The van der Waals surface area contributed by atoms with Gasteiger partial charge in [-0.25, -0.2) is 4.79 Å². The van der Waals surface area contributed by atoms with Crippen LogP contribution in [0.25, 0.3) is 10.9 Å². The second-order valence-corrected chi connectivity index (χ2v) is 7.13. The zero-order valence-corrected chi connectivity index (χ0v) is 16.9. The number of H-pyrrole nitrogens is 1. The molecule has 0 saturated carbocycles. The highest BCUT2D eigenvalue weighted by atomic mass is 19.4. The van der Waals surface area contributed by atoms with Gasteiger partial charge in [-0.2, -0.15) is 26.3 Å². The third kappa shape index (κ3) is 5.88. The van der Waals surface area contributed by atoms with E-state index >= 15 is 0 Å². The summed E-state index contributed by atoms with van der Waals surface area (Å²) in [5.74, 6) is -1.44. The summed E-state index contributed by atoms with van der Waals surface area (Å²) in [6.07, 6.45) is -11.6. The maximum Gasteiger partial charge on any atom is 0.420 e. The third-order valence-electron chi connectivity index (χ3n) is 4.69. The van der Waals surface area contributed by atoms with Crippen molar-refractivity contribution in [1.82, 2.24) is 10.3 Å². The number of hydrogen-bond donors (Lipinski definition) is 3. The number of nitro groups is 1. The fourth-order valence-electron chi connectivity index (χ4n) is 3.31. The quantitative estimate of drug-likeness (QED) is 0.219. The van der Waals surface area contributed by atoms with Crippen LogP contribution >= 0.6 is 0 Å². The molecule has 3 N–H and O–H groups in total. The van der Waals surface area contributed by atoms with Crippen LogP contribution in [0.4, 0.5) is 36.8 Å². The van der Waals surface area contributed by atoms with Gasteiger partial charge in [-0.05, 0) is 30.2 Å². The number of amides is 1. The van der Waals surface area contributed by atoms with Crippen molar-refractivity contribution < 1.29 is 45.9 Å². The van der Waals surface area contributed by atoms with Crippen molar-refractivity contribution in [1.29, 1.82) is 0 Å². The van der Waals surface area contributed by atoms with Gasteiger partial charge in [-0.3, -0.25) is 10.1 Å². The van der Waals surface area contributed by atoms with E-state index in [2.05, 4.69) is 10.3 Å². The Morgan fingerprint density at radius 2 is 1.82 bits per heavy atom. The molecule has 1 amide bonds. The van der Waals surface area contributed by atoms with Crippen molar-refractivity contribution in [3.63, 3.8) is 0 Å². The highest BCUT2D eigenvalue weighted by molar-refractivity contribution is 5.84. The maximum atomic E-state index is 13.6. The van der Waals surface area contributed by atoms with E-state index in [-0.39, 0.29) is 24.8 Å². The van der Waals surface area contributed by atoms with Crippen molar-refractivity contribution in [3.8, 4) is 11.5 Å². The minimum atomic E-state index is -5.24. The van der Waals surface area contributed by atoms with Gasteiger partial charge in [0, 0.05) is 41.3 Å². The first-order chi connectivity index (χ1) is 15.7. The summed E-state index contributed by atoms with van der Waals surface area (Å²) in [6, 6.07) is 4.43. The number of carbonyl (C=O) groups is 1. The van der Waals surface area contributed by atoms with E-state index in [0.717, 1.165) is 0 Å². The van der Waals surface area contributed by atoms with E-state index in [9.17, 15) is 41.3 Å². The summed E-state index contributed by atoms with van der Waals surface area (Å²) < 4.78 is 85.3. The largest absolute Gasteiger partial charge is 0.465 e. The minimum absolute atomic E-state index is 0.0314. The Balaban J connectivity index is 2.08. The van der Waals surface area contributed by atoms with E-state index in [4.69, 9.17) is 9.84 Å². The molecular weight excluding hydrogens is 476 g/mol. The molecule has 0 aliphatic carbocycles. The summed E-state index contributed by atoms with van der Waals surface area (Å²) in [4.78, 5) is 23.3. The van der Waals surface area contributed by atoms with Crippen molar-refractivity contribution in [2.24, 2.45) is 0 Å². The lowest BCUT2D eigenvalue weighted by Gasteiger charge is -2.18. The Labute approximate surface area is 186 Å². The SMILES string of the molecule is O=C(O)NCCc1c[nH]c2ccc(Oc3c(CC(F)(F)F)cc([N+](=O)[O-])cc3C(F)(F)F)cc12. The number of carboxylic acid groups (broad SMARTS) is 1. The van der Waals surface area contributed by atoms with Gasteiger partial charge in [0.15, 0.2) is 0 Å². The van der Waals surface area contributed by atoms with Crippen LogP contribution in [-0.4, -0.2) is 33.8 Å². The number of ether oxygens (including phenoxy) is 1. The summed E-state index contributed by atoms with van der Waals surface area (Å²) in [5.41, 5.74) is -2.83. The number of nitrogens with one attached hydrogen (secondary N) is 2. The second-order valence-electron chi connectivity index (χ2n) is 7.13. The monoisotopic (exact) mass is 491 g/mol. The molecule has 0 aliphatic rings. The molecule has 8 nitrogen and oxygen atoms in total. The Morgan fingerprint density at radius 1 is 1.12 bits per heavy atom. The van der Waals surface area contributed by atoms with Crippen LogP contribution in [0.1, 0.15) is 16.7 Å². The third-order valence-corrected chi connectivity index (χ3v) is 4.69. The van der Waals surface area contributed by atoms with E-state index < -0.39 is 52.4 Å². The topological polar surface area (TPSA) is 117 Å². The van der Waals surface area contributed by atoms with Crippen LogP contribution in [0.15, 0.2) is 36.5 Å². The Bertz CT molecular complexity index is 1240. The number of fused-ring (bicyclic) bond motifs is 1. The lowest BCUT2D eigenvalue weighted by atomic mass is 10.0. The molecule has 0 aliphatic heterocycles. The lowest BCUT2D eigenvalue weighted by molar-refractivity contribution is -0.385. The van der Waals surface area contributed by atoms with Gasteiger partial charge in [0.2, 0.25) is 0 Å². The van der Waals surface area contributed by atoms with Crippen LogP contribution < -0.4 is 10.1 Å². The summed E-state index contributed by atoms with van der Waals surface area (Å²) in [5, 5.41) is 22.3. The highest BCUT2D eigenvalue weighted by Gasteiger charge is 2.40. The Morgan fingerprint density at radius 3 is 2.41 bits per heavy atom. The molecule has 0 saturated heterocycles. The molecule has 0 unspecified atom stereocenters. The zero-order valence-electron chi connectivity index (χ0n) is 16.9. The number of benzene rings is 2. The van der Waals surface area contributed by atoms with E-state index in [0.29, 0.717) is 22.5 Å². The van der Waals surface area contributed by atoms with Crippen molar-refractivity contribution in [2.75, 3.05) is 6.54 Å². The summed E-state index contributed by atoms with van der Waals surface area (Å²) in [7, 11) is 0. The zero-order chi connectivity index (χ0) is 25.3. The first-order valence-corrected chi connectivity index (χ1v) is 9.44. The van der Waals surface area contributed by atoms with Gasteiger partial charge in [-0.15, -0.1) is 0 Å². The molecule has 1 heterocycles. The number of halogens is 6. The molecule has 3 rings (SSSR count). The number of aromatic amines is 1. The van der Waals surface area contributed by atoms with Crippen molar-refractivity contribution in [2.45, 2.75) is 25.2 Å². The van der Waals surface area contributed by atoms with Gasteiger partial charge in [-0.1, -0.05) is 0 Å². The Hall–Kier alpha value is -3.97. The van der Waals surface area contributed by atoms with Crippen LogP contribution in [0.2, 0.25) is 0 Å². The number of nitro benzene ring substituents is 1. The molecule has 34 heavy (non-hydrogen) atoms. The molecule has 0 bridgehead atoms. The van der Waals surface area contributed by atoms with Gasteiger partial charge < -0.3 is 20.1 Å². The number of alkyl halides is 6. The van der Waals surface area contributed by atoms with Gasteiger partial charge in [0.1, 0.15) is 17.1 Å². The van der Waals surface area contributed by atoms with E-state index in [1.54, 1.807) is 6.20 Å². The van der Waals surface area contributed by atoms with Crippen LogP contribution in [0, 0.1) is 10.1 Å². The number of nitrogens with zero attached hydrogens (tertiary/aromatic N) is 1. The molecule has 1 aromatic heterocycles. The lowest BCUT2D eigenvalue weighted by Crippen LogP contribution is -2.23. The molecule has 0 atom stereocenters. The molecule has 182 valence electrons. The first-order valence-electron chi connectivity index (χ1n) is 9.44.